The van der Waals surface area contributed by atoms with E-state index in [9.17, 15) is 14.0 Å². The summed E-state index contributed by atoms with van der Waals surface area (Å²) < 4.78 is 23.7. The maximum atomic E-state index is 13.2. The zero-order valence-corrected chi connectivity index (χ0v) is 23.1. The number of hydrogen-bond donors (Lipinski definition) is 2. The Hall–Kier alpha value is -3.99. The molecule has 0 spiro atoms. The van der Waals surface area contributed by atoms with Crippen molar-refractivity contribution in [3.05, 3.63) is 41.6 Å². The molecule has 214 valence electrons. The summed E-state index contributed by atoms with van der Waals surface area (Å²) in [6, 6.07) is 9.35. The topological polar surface area (TPSA) is 120 Å². The Morgan fingerprint density at radius 3 is 2.80 bits per heavy atom. The number of nitrogens with two attached hydrogens (primary N) is 1. The molecule has 41 heavy (non-hydrogen) atoms. The Morgan fingerprint density at radius 1 is 1.20 bits per heavy atom. The van der Waals surface area contributed by atoms with Gasteiger partial charge < -0.3 is 29.8 Å². The minimum Gasteiger partial charge on any atom is -0.491 e. The lowest BCUT2D eigenvalue weighted by molar-refractivity contribution is -0.119. The fraction of sp³-hybridized carbons (Fsp3) is 0.467. The van der Waals surface area contributed by atoms with Crippen molar-refractivity contribution in [3.63, 3.8) is 0 Å². The van der Waals surface area contributed by atoms with Crippen LogP contribution in [0.1, 0.15) is 35.3 Å². The number of carbonyl (C=O) groups excluding carboxylic acids is 2. The molecule has 3 aromatic heterocycles. The molecule has 2 fully saturated rings. The number of carbonyl (C=O) groups is 2. The highest BCUT2D eigenvalue weighted by Gasteiger charge is 2.30. The molecule has 3 aliphatic rings. The standard InChI is InChI=1S/C30H34FN7O3/c1-36-28-23(11-21-22(34-28)7-8-37(30(21)40)15-20(32)12-31)35-29(36)24-10-19-3-2-4-25(27(19)38(24)14-17-5-6-17)41-16-18-9-26(39)33-13-18/h2-4,10-11,17-18,20H,5-9,12-16,32H2,1H3,(H,33,39). The van der Waals surface area contributed by atoms with Crippen LogP contribution in [0.4, 0.5) is 4.39 Å². The Labute approximate surface area is 236 Å². The van der Waals surface area contributed by atoms with Crippen molar-refractivity contribution in [1.29, 1.82) is 0 Å². The van der Waals surface area contributed by atoms with E-state index >= 15 is 0 Å². The van der Waals surface area contributed by atoms with Crippen LogP contribution in [0.25, 0.3) is 33.6 Å². The first-order chi connectivity index (χ1) is 19.9. The van der Waals surface area contributed by atoms with Crippen molar-refractivity contribution in [2.75, 3.05) is 32.9 Å². The molecule has 2 aliphatic heterocycles. The molecule has 3 N–H and O–H groups in total. The predicted molar refractivity (Wildman–Crippen MR) is 152 cm³/mol. The van der Waals surface area contributed by atoms with Gasteiger partial charge in [-0.1, -0.05) is 12.1 Å². The van der Waals surface area contributed by atoms with E-state index in [4.69, 9.17) is 20.4 Å². The molecule has 2 atom stereocenters. The summed E-state index contributed by atoms with van der Waals surface area (Å²) in [5.41, 5.74) is 10.4. The van der Waals surface area contributed by atoms with Gasteiger partial charge in [-0.25, -0.2) is 14.4 Å². The number of aryl methyl sites for hydroxylation is 1. The van der Waals surface area contributed by atoms with E-state index in [1.54, 1.807) is 4.90 Å². The summed E-state index contributed by atoms with van der Waals surface area (Å²) in [7, 11) is 1.96. The molecule has 1 aliphatic carbocycles. The number of nitrogens with one attached hydrogen (secondary N) is 1. The third-order valence-corrected chi connectivity index (χ3v) is 8.50. The first-order valence-electron chi connectivity index (χ1n) is 14.4. The van der Waals surface area contributed by atoms with E-state index in [-0.39, 0.29) is 24.3 Å². The summed E-state index contributed by atoms with van der Waals surface area (Å²) in [4.78, 5) is 36.4. The molecule has 5 heterocycles. The lowest BCUT2D eigenvalue weighted by Gasteiger charge is -2.29. The number of halogens is 1. The summed E-state index contributed by atoms with van der Waals surface area (Å²) in [5, 5.41) is 3.95. The van der Waals surface area contributed by atoms with Crippen LogP contribution in [0, 0.1) is 11.8 Å². The first kappa shape index (κ1) is 25.9. The number of imidazole rings is 1. The van der Waals surface area contributed by atoms with Gasteiger partial charge in [0.1, 0.15) is 17.9 Å². The predicted octanol–water partition coefficient (Wildman–Crippen LogP) is 2.81. The number of nitrogens with zero attached hydrogens (tertiary/aromatic N) is 5. The van der Waals surface area contributed by atoms with E-state index in [1.165, 1.54) is 12.8 Å². The van der Waals surface area contributed by atoms with Crippen molar-refractivity contribution >= 4 is 33.9 Å². The number of para-hydroxylation sites is 1. The van der Waals surface area contributed by atoms with Gasteiger partial charge in [-0.15, -0.1) is 0 Å². The molecule has 1 saturated heterocycles. The highest BCUT2D eigenvalue weighted by molar-refractivity contribution is 5.99. The summed E-state index contributed by atoms with van der Waals surface area (Å²) in [5.74, 6) is 2.23. The number of ether oxygens (including phenoxy) is 1. The van der Waals surface area contributed by atoms with Gasteiger partial charge in [-0.2, -0.15) is 0 Å². The van der Waals surface area contributed by atoms with Gasteiger partial charge in [0, 0.05) is 57.4 Å². The van der Waals surface area contributed by atoms with E-state index < -0.39 is 12.7 Å². The van der Waals surface area contributed by atoms with Gasteiger partial charge in [0.25, 0.3) is 5.91 Å². The zero-order valence-electron chi connectivity index (χ0n) is 23.1. The van der Waals surface area contributed by atoms with Crippen LogP contribution in [0.2, 0.25) is 0 Å². The minimum absolute atomic E-state index is 0.0751. The van der Waals surface area contributed by atoms with E-state index in [2.05, 4.69) is 22.0 Å². The second-order valence-corrected chi connectivity index (χ2v) is 11.7. The van der Waals surface area contributed by atoms with Gasteiger partial charge in [-0.05, 0) is 37.0 Å². The fourth-order valence-electron chi connectivity index (χ4n) is 6.10. The molecule has 10 nitrogen and oxygen atoms in total. The molecular formula is C30H34FN7O3. The van der Waals surface area contributed by atoms with Gasteiger partial charge in [0.2, 0.25) is 5.91 Å². The van der Waals surface area contributed by atoms with Crippen molar-refractivity contribution in [3.8, 4) is 17.3 Å². The number of alkyl halides is 1. The molecule has 11 heteroatoms. The van der Waals surface area contributed by atoms with Crippen LogP contribution in [0.15, 0.2) is 30.3 Å². The van der Waals surface area contributed by atoms with Crippen LogP contribution in [-0.2, 0) is 24.8 Å². The van der Waals surface area contributed by atoms with Crippen LogP contribution in [0.3, 0.4) is 0 Å². The van der Waals surface area contributed by atoms with Crippen LogP contribution < -0.4 is 15.8 Å². The van der Waals surface area contributed by atoms with Gasteiger partial charge in [0.05, 0.1) is 35.1 Å². The highest BCUT2D eigenvalue weighted by Crippen LogP contribution is 2.39. The Kier molecular flexibility index (Phi) is 6.41. The van der Waals surface area contributed by atoms with Gasteiger partial charge in [-0.3, -0.25) is 9.59 Å². The second-order valence-electron chi connectivity index (χ2n) is 11.7. The maximum Gasteiger partial charge on any atom is 0.255 e. The highest BCUT2D eigenvalue weighted by atomic mass is 19.1. The molecule has 4 aromatic rings. The van der Waals surface area contributed by atoms with Gasteiger partial charge >= 0.3 is 0 Å². The number of rotatable bonds is 9. The molecule has 0 radical (unpaired) electrons. The number of amides is 2. The summed E-state index contributed by atoms with van der Waals surface area (Å²) in [6.45, 7) is 1.95. The number of fused-ring (bicyclic) bond motifs is 3. The molecule has 1 saturated carbocycles. The van der Waals surface area contributed by atoms with E-state index in [0.717, 1.165) is 46.1 Å². The monoisotopic (exact) mass is 559 g/mol. The molecule has 0 bridgehead atoms. The molecule has 2 amide bonds. The lowest BCUT2D eigenvalue weighted by Crippen LogP contribution is -2.45. The number of pyridine rings is 1. The number of hydrogen-bond acceptors (Lipinski definition) is 6. The first-order valence-corrected chi connectivity index (χ1v) is 14.4. The lowest BCUT2D eigenvalue weighted by atomic mass is 10.0. The second kappa shape index (κ2) is 10.1. The van der Waals surface area contributed by atoms with Crippen molar-refractivity contribution in [1.82, 2.24) is 29.3 Å². The largest absolute Gasteiger partial charge is 0.491 e. The average molecular weight is 560 g/mol. The Bertz CT molecular complexity index is 1670. The average Bonchev–Trinajstić information content (AvgIpc) is 3.45. The van der Waals surface area contributed by atoms with Gasteiger partial charge in [0.15, 0.2) is 11.5 Å². The zero-order chi connectivity index (χ0) is 28.2. The third kappa shape index (κ3) is 4.71. The molecular weight excluding hydrogens is 525 g/mol. The SMILES string of the molecule is Cn1c(-c2cc3cccc(OCC4CNC(=O)C4)c3n2CC2CC2)nc2cc3c(nc21)CCN(CC(N)CF)C3=O. The summed E-state index contributed by atoms with van der Waals surface area (Å²) in [6.07, 6.45) is 3.46. The Balaban J connectivity index is 1.28. The van der Waals surface area contributed by atoms with Crippen molar-refractivity contribution in [2.45, 2.75) is 38.3 Å². The normalized spacial score (nSPS) is 19.7. The van der Waals surface area contributed by atoms with Crippen LogP contribution in [-0.4, -0.2) is 74.8 Å². The van der Waals surface area contributed by atoms with Crippen molar-refractivity contribution in [2.24, 2.45) is 24.6 Å². The quantitative estimate of drug-likeness (QED) is 0.326. The van der Waals surface area contributed by atoms with Crippen molar-refractivity contribution < 1.29 is 18.7 Å². The van der Waals surface area contributed by atoms with Crippen LogP contribution in [0.5, 0.6) is 5.75 Å². The van der Waals surface area contributed by atoms with E-state index in [0.29, 0.717) is 49.5 Å². The molecule has 7 rings (SSSR count). The minimum atomic E-state index is -0.696. The van der Waals surface area contributed by atoms with Crippen LogP contribution >= 0.6 is 0 Å². The molecule has 2 unspecified atom stereocenters. The smallest absolute Gasteiger partial charge is 0.255 e. The van der Waals surface area contributed by atoms with E-state index in [1.807, 2.05) is 29.8 Å². The fourth-order valence-corrected chi connectivity index (χ4v) is 6.10. The molecule has 1 aromatic carbocycles. The third-order valence-electron chi connectivity index (χ3n) is 8.50. The summed E-state index contributed by atoms with van der Waals surface area (Å²) >= 11 is 0. The number of benzene rings is 1. The number of aromatic nitrogens is 4. The maximum absolute atomic E-state index is 13.2. The Morgan fingerprint density at radius 2 is 2.05 bits per heavy atom.